The Balaban J connectivity index is 2.89. The predicted molar refractivity (Wildman–Crippen MR) is 72.9 cm³/mol. The van der Waals surface area contributed by atoms with E-state index in [-0.39, 0.29) is 6.04 Å². The van der Waals surface area contributed by atoms with E-state index in [0.717, 1.165) is 17.7 Å². The average Bonchev–Trinajstić information content (AvgIpc) is 2.36. The Labute approximate surface area is 108 Å². The van der Waals surface area contributed by atoms with Crippen LogP contribution in [0.15, 0.2) is 34.1 Å². The third kappa shape index (κ3) is 4.01. The summed E-state index contributed by atoms with van der Waals surface area (Å²) >= 11 is 1.60. The standard InChI is InChI=1S/C12H19NO2S2/c1-4-10(5-2)13-17(14,15)12-8-6-11(16-3)7-9-12/h6-10,13H,4-5H2,1-3H3. The molecule has 0 unspecified atom stereocenters. The molecule has 0 fully saturated rings. The van der Waals surface area contributed by atoms with E-state index in [1.807, 2.05) is 32.2 Å². The lowest BCUT2D eigenvalue weighted by atomic mass is 10.2. The van der Waals surface area contributed by atoms with E-state index in [4.69, 9.17) is 0 Å². The van der Waals surface area contributed by atoms with Crippen LogP contribution in [0.1, 0.15) is 26.7 Å². The van der Waals surface area contributed by atoms with Gasteiger partial charge in [0, 0.05) is 10.9 Å². The van der Waals surface area contributed by atoms with Crippen LogP contribution in [0.3, 0.4) is 0 Å². The molecule has 0 spiro atoms. The van der Waals surface area contributed by atoms with Gasteiger partial charge in [0.05, 0.1) is 4.90 Å². The van der Waals surface area contributed by atoms with Gasteiger partial charge in [0.2, 0.25) is 10.0 Å². The normalized spacial score (nSPS) is 12.0. The molecule has 3 nitrogen and oxygen atoms in total. The Hall–Kier alpha value is -0.520. The van der Waals surface area contributed by atoms with Crippen LogP contribution < -0.4 is 4.72 Å². The van der Waals surface area contributed by atoms with Crippen LogP contribution in [0, 0.1) is 0 Å². The first-order chi connectivity index (χ1) is 8.03. The molecule has 96 valence electrons. The molecule has 1 aromatic rings. The van der Waals surface area contributed by atoms with E-state index in [1.54, 1.807) is 23.9 Å². The zero-order valence-corrected chi connectivity index (χ0v) is 12.1. The fourth-order valence-electron chi connectivity index (χ4n) is 1.50. The summed E-state index contributed by atoms with van der Waals surface area (Å²) in [5.41, 5.74) is 0. The summed E-state index contributed by atoms with van der Waals surface area (Å²) in [6.07, 6.45) is 3.57. The molecule has 0 aromatic heterocycles. The topological polar surface area (TPSA) is 46.2 Å². The number of nitrogens with one attached hydrogen (secondary N) is 1. The second-order valence-electron chi connectivity index (χ2n) is 3.81. The van der Waals surface area contributed by atoms with Crippen LogP contribution in [0.25, 0.3) is 0 Å². The van der Waals surface area contributed by atoms with Crippen molar-refractivity contribution in [2.75, 3.05) is 6.26 Å². The third-order valence-electron chi connectivity index (χ3n) is 2.68. The van der Waals surface area contributed by atoms with Crippen LogP contribution in [0.2, 0.25) is 0 Å². The molecule has 17 heavy (non-hydrogen) atoms. The molecule has 0 atom stereocenters. The van der Waals surface area contributed by atoms with Crippen molar-refractivity contribution in [2.45, 2.75) is 42.5 Å². The number of thioether (sulfide) groups is 1. The molecule has 0 radical (unpaired) electrons. The van der Waals surface area contributed by atoms with Gasteiger partial charge >= 0.3 is 0 Å². The largest absolute Gasteiger partial charge is 0.240 e. The van der Waals surface area contributed by atoms with Gasteiger partial charge in [-0.05, 0) is 43.4 Å². The molecule has 1 N–H and O–H groups in total. The van der Waals surface area contributed by atoms with Gasteiger partial charge in [0.15, 0.2) is 0 Å². The molecular weight excluding hydrogens is 254 g/mol. The van der Waals surface area contributed by atoms with Crippen LogP contribution in [0.4, 0.5) is 0 Å². The van der Waals surface area contributed by atoms with Gasteiger partial charge in [-0.3, -0.25) is 0 Å². The summed E-state index contributed by atoms with van der Waals surface area (Å²) in [6, 6.07) is 6.96. The van der Waals surface area contributed by atoms with E-state index >= 15 is 0 Å². The van der Waals surface area contributed by atoms with Crippen LogP contribution >= 0.6 is 11.8 Å². The second kappa shape index (κ2) is 6.42. The maximum atomic E-state index is 12.0. The Morgan fingerprint density at radius 2 is 1.71 bits per heavy atom. The lowest BCUT2D eigenvalue weighted by Crippen LogP contribution is -2.33. The quantitative estimate of drug-likeness (QED) is 0.811. The molecule has 0 amide bonds. The van der Waals surface area contributed by atoms with Gasteiger partial charge in [0.25, 0.3) is 0 Å². The van der Waals surface area contributed by atoms with Gasteiger partial charge < -0.3 is 0 Å². The van der Waals surface area contributed by atoms with Crippen molar-refractivity contribution < 1.29 is 8.42 Å². The summed E-state index contributed by atoms with van der Waals surface area (Å²) in [5.74, 6) is 0. The van der Waals surface area contributed by atoms with Crippen molar-refractivity contribution in [3.63, 3.8) is 0 Å². The first kappa shape index (κ1) is 14.5. The van der Waals surface area contributed by atoms with E-state index in [0.29, 0.717) is 4.90 Å². The van der Waals surface area contributed by atoms with Gasteiger partial charge in [-0.15, -0.1) is 11.8 Å². The fraction of sp³-hybridized carbons (Fsp3) is 0.500. The van der Waals surface area contributed by atoms with Crippen molar-refractivity contribution in [2.24, 2.45) is 0 Å². The van der Waals surface area contributed by atoms with E-state index in [9.17, 15) is 8.42 Å². The highest BCUT2D eigenvalue weighted by Crippen LogP contribution is 2.18. The highest BCUT2D eigenvalue weighted by molar-refractivity contribution is 7.98. The molecule has 0 heterocycles. The molecule has 0 aliphatic carbocycles. The second-order valence-corrected chi connectivity index (χ2v) is 6.40. The maximum absolute atomic E-state index is 12.0. The predicted octanol–water partition coefficient (Wildman–Crippen LogP) is 2.88. The minimum absolute atomic E-state index is 0.0141. The maximum Gasteiger partial charge on any atom is 0.240 e. The lowest BCUT2D eigenvalue weighted by Gasteiger charge is -2.15. The third-order valence-corrected chi connectivity index (χ3v) is 4.96. The molecule has 0 aliphatic heterocycles. The summed E-state index contributed by atoms with van der Waals surface area (Å²) in [7, 11) is -3.37. The van der Waals surface area contributed by atoms with Crippen molar-refractivity contribution in [3.05, 3.63) is 24.3 Å². The Kier molecular flexibility index (Phi) is 5.49. The Morgan fingerprint density at radius 3 is 2.12 bits per heavy atom. The molecule has 5 heteroatoms. The van der Waals surface area contributed by atoms with Crippen molar-refractivity contribution >= 4 is 21.8 Å². The summed E-state index contributed by atoms with van der Waals surface area (Å²) < 4.78 is 26.8. The van der Waals surface area contributed by atoms with Crippen LogP contribution in [-0.2, 0) is 10.0 Å². The molecule has 1 aromatic carbocycles. The molecule has 0 saturated heterocycles. The van der Waals surface area contributed by atoms with E-state index in [2.05, 4.69) is 4.72 Å². The summed E-state index contributed by atoms with van der Waals surface area (Å²) in [6.45, 7) is 3.96. The van der Waals surface area contributed by atoms with Crippen LogP contribution in [0.5, 0.6) is 0 Å². The number of benzene rings is 1. The van der Waals surface area contributed by atoms with Gasteiger partial charge in [-0.1, -0.05) is 13.8 Å². The van der Waals surface area contributed by atoms with Crippen molar-refractivity contribution in [1.29, 1.82) is 0 Å². The molecule has 0 aliphatic rings. The number of sulfonamides is 1. The molecule has 1 rings (SSSR count). The summed E-state index contributed by atoms with van der Waals surface area (Å²) in [5, 5.41) is 0. The Morgan fingerprint density at radius 1 is 1.18 bits per heavy atom. The minimum Gasteiger partial charge on any atom is -0.208 e. The number of hydrogen-bond acceptors (Lipinski definition) is 3. The highest BCUT2D eigenvalue weighted by Gasteiger charge is 2.17. The zero-order chi connectivity index (χ0) is 12.9. The molecule has 0 saturated carbocycles. The number of hydrogen-bond donors (Lipinski definition) is 1. The van der Waals surface area contributed by atoms with Crippen molar-refractivity contribution in [3.8, 4) is 0 Å². The molecular formula is C12H19NO2S2. The van der Waals surface area contributed by atoms with Crippen molar-refractivity contribution in [1.82, 2.24) is 4.72 Å². The summed E-state index contributed by atoms with van der Waals surface area (Å²) in [4.78, 5) is 1.40. The van der Waals surface area contributed by atoms with Crippen LogP contribution in [-0.4, -0.2) is 20.7 Å². The first-order valence-corrected chi connectivity index (χ1v) is 8.40. The highest BCUT2D eigenvalue weighted by atomic mass is 32.2. The first-order valence-electron chi connectivity index (χ1n) is 5.69. The fourth-order valence-corrected chi connectivity index (χ4v) is 3.31. The average molecular weight is 273 g/mol. The zero-order valence-electron chi connectivity index (χ0n) is 10.4. The van der Waals surface area contributed by atoms with Gasteiger partial charge in [-0.25, -0.2) is 13.1 Å². The Bertz CT molecular complexity index is 436. The molecule has 0 bridgehead atoms. The lowest BCUT2D eigenvalue weighted by molar-refractivity contribution is 0.530. The van der Waals surface area contributed by atoms with Gasteiger partial charge in [0.1, 0.15) is 0 Å². The van der Waals surface area contributed by atoms with E-state index in [1.165, 1.54) is 0 Å². The van der Waals surface area contributed by atoms with Gasteiger partial charge in [-0.2, -0.15) is 0 Å². The minimum atomic E-state index is -3.37. The number of rotatable bonds is 6. The SMILES string of the molecule is CCC(CC)NS(=O)(=O)c1ccc(SC)cc1. The van der Waals surface area contributed by atoms with E-state index < -0.39 is 10.0 Å². The monoisotopic (exact) mass is 273 g/mol. The smallest absolute Gasteiger partial charge is 0.208 e.